The van der Waals surface area contributed by atoms with Crippen LogP contribution in [0, 0.1) is 5.82 Å². The Hall–Kier alpha value is -1.20. The van der Waals surface area contributed by atoms with Gasteiger partial charge in [-0.15, -0.1) is 0 Å². The van der Waals surface area contributed by atoms with Crippen molar-refractivity contribution in [3.05, 3.63) is 24.1 Å². The van der Waals surface area contributed by atoms with Gasteiger partial charge in [0.1, 0.15) is 0 Å². The number of hydrogen-bond donors (Lipinski definition) is 1. The summed E-state index contributed by atoms with van der Waals surface area (Å²) in [5.74, 6) is 0.0640. The quantitative estimate of drug-likeness (QED) is 0.768. The van der Waals surface area contributed by atoms with Crippen LogP contribution in [0.25, 0.3) is 0 Å². The number of halogens is 1. The van der Waals surface area contributed by atoms with Gasteiger partial charge in [-0.1, -0.05) is 0 Å². The molecule has 1 aliphatic heterocycles. The van der Waals surface area contributed by atoms with Crippen LogP contribution in [0.1, 0.15) is 0 Å². The third-order valence-electron chi connectivity index (χ3n) is 2.51. The molecule has 1 aromatic rings. The Morgan fingerprint density at radius 2 is 2.53 bits per heavy atom. The number of anilines is 1. The number of nitrogens with two attached hydrogens (primary N) is 1. The minimum Gasteiger partial charge on any atom is -0.377 e. The smallest absolute Gasteiger partial charge is 0.165 e. The molecule has 2 N–H and O–H groups in total. The first-order valence-corrected chi connectivity index (χ1v) is 4.98. The van der Waals surface area contributed by atoms with Crippen LogP contribution in [0.5, 0.6) is 0 Å². The lowest BCUT2D eigenvalue weighted by atomic mass is 10.2. The maximum Gasteiger partial charge on any atom is 0.165 e. The monoisotopic (exact) mass is 211 g/mol. The average molecular weight is 211 g/mol. The van der Waals surface area contributed by atoms with E-state index in [-0.39, 0.29) is 11.9 Å². The minimum absolute atomic E-state index is 0.0168. The van der Waals surface area contributed by atoms with Crippen LogP contribution in [0.4, 0.5) is 10.2 Å². The number of rotatable bonds is 2. The van der Waals surface area contributed by atoms with E-state index >= 15 is 0 Å². The molecule has 5 heteroatoms. The topological polar surface area (TPSA) is 51.4 Å². The van der Waals surface area contributed by atoms with E-state index in [2.05, 4.69) is 4.98 Å². The Morgan fingerprint density at radius 3 is 3.27 bits per heavy atom. The molecular formula is C10H14FN3O. The fraction of sp³-hybridized carbons (Fsp3) is 0.500. The summed E-state index contributed by atoms with van der Waals surface area (Å²) in [6.45, 7) is 2.20. The van der Waals surface area contributed by atoms with E-state index in [0.29, 0.717) is 32.1 Å². The zero-order chi connectivity index (χ0) is 10.7. The molecule has 1 fully saturated rings. The van der Waals surface area contributed by atoms with Crippen molar-refractivity contribution in [2.24, 2.45) is 5.73 Å². The van der Waals surface area contributed by atoms with Crippen molar-refractivity contribution in [1.29, 1.82) is 0 Å². The molecular weight excluding hydrogens is 197 g/mol. The van der Waals surface area contributed by atoms with E-state index in [9.17, 15) is 4.39 Å². The van der Waals surface area contributed by atoms with Crippen molar-refractivity contribution < 1.29 is 9.13 Å². The van der Waals surface area contributed by atoms with Gasteiger partial charge in [0.2, 0.25) is 0 Å². The first-order valence-electron chi connectivity index (χ1n) is 4.98. The number of pyridine rings is 1. The van der Waals surface area contributed by atoms with Crippen LogP contribution in [0.3, 0.4) is 0 Å². The summed E-state index contributed by atoms with van der Waals surface area (Å²) in [7, 11) is 0. The Bertz CT molecular complexity index is 334. The van der Waals surface area contributed by atoms with Crippen molar-refractivity contribution in [1.82, 2.24) is 4.98 Å². The zero-order valence-corrected chi connectivity index (χ0v) is 8.40. The molecule has 0 bridgehead atoms. The first kappa shape index (κ1) is 10.3. The average Bonchev–Trinajstić information content (AvgIpc) is 2.30. The molecule has 0 amide bonds. The molecule has 0 saturated carbocycles. The number of aromatic nitrogens is 1. The Morgan fingerprint density at radius 1 is 1.67 bits per heavy atom. The summed E-state index contributed by atoms with van der Waals surface area (Å²) in [4.78, 5) is 5.91. The van der Waals surface area contributed by atoms with Gasteiger partial charge in [0.15, 0.2) is 11.6 Å². The molecule has 1 atom stereocenters. The molecule has 0 spiro atoms. The van der Waals surface area contributed by atoms with Crippen LogP contribution in [0.2, 0.25) is 0 Å². The predicted molar refractivity (Wildman–Crippen MR) is 55.2 cm³/mol. The lowest BCUT2D eigenvalue weighted by Gasteiger charge is -2.35. The van der Waals surface area contributed by atoms with E-state index < -0.39 is 0 Å². The molecule has 0 aromatic carbocycles. The molecule has 1 aliphatic rings. The standard InChI is InChI=1S/C10H14FN3O/c11-9-2-1-3-13-10(9)14-4-5-15-7-8(14)6-12/h1-3,8H,4-7,12H2. The van der Waals surface area contributed by atoms with Gasteiger partial charge in [-0.25, -0.2) is 9.37 Å². The zero-order valence-electron chi connectivity index (χ0n) is 8.40. The highest BCUT2D eigenvalue weighted by Gasteiger charge is 2.24. The summed E-state index contributed by atoms with van der Waals surface area (Å²) in [6.07, 6.45) is 1.58. The molecule has 1 aromatic heterocycles. The van der Waals surface area contributed by atoms with Gasteiger partial charge >= 0.3 is 0 Å². The van der Waals surface area contributed by atoms with Gasteiger partial charge in [-0.2, -0.15) is 0 Å². The summed E-state index contributed by atoms with van der Waals surface area (Å²) in [5.41, 5.74) is 5.61. The van der Waals surface area contributed by atoms with Crippen molar-refractivity contribution in [3.8, 4) is 0 Å². The molecule has 82 valence electrons. The Labute approximate surface area is 87.8 Å². The predicted octanol–water partition coefficient (Wildman–Crippen LogP) is 0.385. The van der Waals surface area contributed by atoms with E-state index in [0.717, 1.165) is 0 Å². The maximum atomic E-state index is 13.5. The Balaban J connectivity index is 2.24. The van der Waals surface area contributed by atoms with E-state index in [1.54, 1.807) is 12.3 Å². The second-order valence-corrected chi connectivity index (χ2v) is 3.47. The van der Waals surface area contributed by atoms with Crippen LogP contribution in [-0.2, 0) is 4.74 Å². The summed E-state index contributed by atoms with van der Waals surface area (Å²) in [5, 5.41) is 0. The lowest BCUT2D eigenvalue weighted by Crippen LogP contribution is -2.50. The lowest BCUT2D eigenvalue weighted by molar-refractivity contribution is 0.0954. The number of nitrogens with zero attached hydrogens (tertiary/aromatic N) is 2. The van der Waals surface area contributed by atoms with Crippen molar-refractivity contribution in [2.45, 2.75) is 6.04 Å². The SMILES string of the molecule is NCC1COCCN1c1ncccc1F. The molecule has 2 heterocycles. The highest BCUT2D eigenvalue weighted by atomic mass is 19.1. The highest BCUT2D eigenvalue weighted by Crippen LogP contribution is 2.19. The molecule has 1 unspecified atom stereocenters. The van der Waals surface area contributed by atoms with Gasteiger partial charge in [0.25, 0.3) is 0 Å². The van der Waals surface area contributed by atoms with Crippen LogP contribution < -0.4 is 10.6 Å². The van der Waals surface area contributed by atoms with Gasteiger partial charge < -0.3 is 15.4 Å². The van der Waals surface area contributed by atoms with Crippen LogP contribution >= 0.6 is 0 Å². The van der Waals surface area contributed by atoms with Gasteiger partial charge in [0.05, 0.1) is 19.3 Å². The first-order chi connectivity index (χ1) is 7.33. The van der Waals surface area contributed by atoms with Gasteiger partial charge in [-0.05, 0) is 12.1 Å². The minimum atomic E-state index is -0.308. The van der Waals surface area contributed by atoms with Crippen molar-refractivity contribution >= 4 is 5.82 Å². The molecule has 15 heavy (non-hydrogen) atoms. The molecule has 4 nitrogen and oxygen atoms in total. The maximum absolute atomic E-state index is 13.5. The fourth-order valence-corrected chi connectivity index (χ4v) is 1.72. The summed E-state index contributed by atoms with van der Waals surface area (Å²) in [6, 6.07) is 3.01. The van der Waals surface area contributed by atoms with E-state index in [4.69, 9.17) is 10.5 Å². The number of hydrogen-bond acceptors (Lipinski definition) is 4. The molecule has 0 aliphatic carbocycles. The van der Waals surface area contributed by atoms with E-state index in [1.165, 1.54) is 6.07 Å². The normalized spacial score (nSPS) is 21.7. The van der Waals surface area contributed by atoms with E-state index in [1.807, 2.05) is 4.90 Å². The summed E-state index contributed by atoms with van der Waals surface area (Å²) >= 11 is 0. The second-order valence-electron chi connectivity index (χ2n) is 3.47. The third kappa shape index (κ3) is 2.08. The second kappa shape index (κ2) is 4.55. The fourth-order valence-electron chi connectivity index (χ4n) is 1.72. The van der Waals surface area contributed by atoms with Gasteiger partial charge in [-0.3, -0.25) is 0 Å². The number of ether oxygens (including phenoxy) is 1. The molecule has 1 saturated heterocycles. The highest BCUT2D eigenvalue weighted by molar-refractivity contribution is 5.41. The van der Waals surface area contributed by atoms with Gasteiger partial charge in [0, 0.05) is 19.3 Å². The van der Waals surface area contributed by atoms with Crippen molar-refractivity contribution in [3.63, 3.8) is 0 Å². The van der Waals surface area contributed by atoms with Crippen LogP contribution in [0.15, 0.2) is 18.3 Å². The third-order valence-corrected chi connectivity index (χ3v) is 2.51. The molecule has 2 rings (SSSR count). The molecule has 0 radical (unpaired) electrons. The number of morpholine rings is 1. The largest absolute Gasteiger partial charge is 0.377 e. The van der Waals surface area contributed by atoms with Crippen molar-refractivity contribution in [2.75, 3.05) is 31.2 Å². The van der Waals surface area contributed by atoms with Crippen LogP contribution in [-0.4, -0.2) is 37.3 Å². The summed E-state index contributed by atoms with van der Waals surface area (Å²) < 4.78 is 18.8. The Kier molecular flexibility index (Phi) is 3.13.